The maximum absolute atomic E-state index is 12.7. The summed E-state index contributed by atoms with van der Waals surface area (Å²) in [6.07, 6.45) is 0. The molecule has 3 aromatic carbocycles. The highest BCUT2D eigenvalue weighted by Gasteiger charge is 2.19. The normalized spacial score (nSPS) is 11.4. The summed E-state index contributed by atoms with van der Waals surface area (Å²) >= 11 is 13.4. The van der Waals surface area contributed by atoms with Gasteiger partial charge in [0.2, 0.25) is 5.91 Å². The van der Waals surface area contributed by atoms with Crippen LogP contribution >= 0.6 is 35.0 Å². The van der Waals surface area contributed by atoms with Crippen LogP contribution in [0.5, 0.6) is 5.75 Å². The van der Waals surface area contributed by atoms with Gasteiger partial charge in [0.25, 0.3) is 0 Å². The third-order valence-electron chi connectivity index (χ3n) is 5.51. The van der Waals surface area contributed by atoms with Crippen LogP contribution in [-0.2, 0) is 10.2 Å². The Kier molecular flexibility index (Phi) is 7.93. The van der Waals surface area contributed by atoms with E-state index < -0.39 is 0 Å². The predicted molar refractivity (Wildman–Crippen MR) is 148 cm³/mol. The Morgan fingerprint density at radius 3 is 2.31 bits per heavy atom. The van der Waals surface area contributed by atoms with Crippen molar-refractivity contribution in [1.29, 1.82) is 0 Å². The lowest BCUT2D eigenvalue weighted by atomic mass is 9.87. The largest absolute Gasteiger partial charge is 0.497 e. The third kappa shape index (κ3) is 6.03. The fourth-order valence-corrected chi connectivity index (χ4v) is 4.75. The Balaban J connectivity index is 1.62. The summed E-state index contributed by atoms with van der Waals surface area (Å²) in [7, 11) is 1.63. The van der Waals surface area contributed by atoms with Crippen LogP contribution in [0.2, 0.25) is 10.0 Å². The molecule has 4 rings (SSSR count). The van der Waals surface area contributed by atoms with Crippen molar-refractivity contribution in [1.82, 2.24) is 14.8 Å². The number of rotatable bonds is 7. The molecule has 0 aliphatic carbocycles. The fraction of sp³-hybridized carbons (Fsp3) is 0.222. The second-order valence-corrected chi connectivity index (χ2v) is 10.9. The molecule has 0 atom stereocenters. The molecule has 4 aromatic rings. The Morgan fingerprint density at radius 2 is 1.69 bits per heavy atom. The van der Waals surface area contributed by atoms with Gasteiger partial charge in [-0.2, -0.15) is 0 Å². The van der Waals surface area contributed by atoms with E-state index in [1.54, 1.807) is 25.3 Å². The zero-order valence-electron chi connectivity index (χ0n) is 20.4. The summed E-state index contributed by atoms with van der Waals surface area (Å²) in [6.45, 7) is 6.54. The molecule has 36 heavy (non-hydrogen) atoms. The highest BCUT2D eigenvalue weighted by Crippen LogP contribution is 2.31. The van der Waals surface area contributed by atoms with Crippen LogP contribution in [0.1, 0.15) is 26.3 Å². The maximum Gasteiger partial charge on any atom is 0.234 e. The second-order valence-electron chi connectivity index (χ2n) is 9.13. The van der Waals surface area contributed by atoms with E-state index in [0.29, 0.717) is 26.7 Å². The number of nitrogens with zero attached hydrogens (tertiary/aromatic N) is 3. The zero-order valence-corrected chi connectivity index (χ0v) is 22.7. The number of halogens is 2. The molecule has 186 valence electrons. The molecular formula is C27H26Cl2N4O2S. The molecule has 0 spiro atoms. The van der Waals surface area contributed by atoms with Gasteiger partial charge < -0.3 is 10.1 Å². The number of hydrogen-bond acceptors (Lipinski definition) is 5. The summed E-state index contributed by atoms with van der Waals surface area (Å²) in [4.78, 5) is 12.7. The van der Waals surface area contributed by atoms with E-state index in [-0.39, 0.29) is 17.1 Å². The van der Waals surface area contributed by atoms with Gasteiger partial charge in [0.15, 0.2) is 11.0 Å². The number of aromatic nitrogens is 3. The van der Waals surface area contributed by atoms with Crippen LogP contribution in [0.15, 0.2) is 71.9 Å². The number of nitrogens with one attached hydrogen (secondary N) is 1. The molecule has 9 heteroatoms. The average Bonchev–Trinajstić information content (AvgIpc) is 3.28. The molecule has 0 aliphatic heterocycles. The molecule has 0 saturated carbocycles. The minimum absolute atomic E-state index is 0.0452. The van der Waals surface area contributed by atoms with Crippen molar-refractivity contribution in [3.05, 3.63) is 82.3 Å². The van der Waals surface area contributed by atoms with Crippen LogP contribution in [0.4, 0.5) is 5.69 Å². The molecule has 0 radical (unpaired) electrons. The van der Waals surface area contributed by atoms with Gasteiger partial charge >= 0.3 is 0 Å². The standard InChI is InChI=1S/C27H26Cl2N4O2S/c1-27(2,3)18-7-5-17(6-8-18)25-31-32-26(33(25)20-10-12-21(35-4)13-11-20)36-16-24(34)30-23-14-9-19(28)15-22(23)29/h5-15H,16H2,1-4H3,(H,30,34). The predicted octanol–water partition coefficient (Wildman–Crippen LogP) is 7.28. The highest BCUT2D eigenvalue weighted by atomic mass is 35.5. The molecule has 6 nitrogen and oxygen atoms in total. The van der Waals surface area contributed by atoms with Gasteiger partial charge in [-0.15, -0.1) is 10.2 Å². The van der Waals surface area contributed by atoms with Gasteiger partial charge in [-0.3, -0.25) is 9.36 Å². The van der Waals surface area contributed by atoms with Crippen LogP contribution in [0, 0.1) is 0 Å². The Bertz CT molecular complexity index is 1360. The first-order valence-electron chi connectivity index (χ1n) is 11.2. The summed E-state index contributed by atoms with van der Waals surface area (Å²) in [6, 6.07) is 20.9. The molecular weight excluding hydrogens is 515 g/mol. The maximum atomic E-state index is 12.7. The number of hydrogen-bond donors (Lipinski definition) is 1. The first-order valence-corrected chi connectivity index (χ1v) is 13.0. The molecule has 0 bridgehead atoms. The first-order chi connectivity index (χ1) is 17.2. The third-order valence-corrected chi connectivity index (χ3v) is 6.99. The lowest BCUT2D eigenvalue weighted by Crippen LogP contribution is -2.15. The summed E-state index contributed by atoms with van der Waals surface area (Å²) < 4.78 is 7.25. The molecule has 0 saturated heterocycles. The van der Waals surface area contributed by atoms with Crippen LogP contribution in [-0.4, -0.2) is 33.5 Å². The molecule has 1 N–H and O–H groups in total. The number of carbonyl (C=O) groups excluding carboxylic acids is 1. The molecule has 1 amide bonds. The minimum atomic E-state index is -0.218. The summed E-state index contributed by atoms with van der Waals surface area (Å²) in [5, 5.41) is 13.2. The van der Waals surface area contributed by atoms with Crippen LogP contribution < -0.4 is 10.1 Å². The topological polar surface area (TPSA) is 69.0 Å². The molecule has 1 aromatic heterocycles. The Morgan fingerprint density at radius 1 is 1.00 bits per heavy atom. The lowest BCUT2D eigenvalue weighted by Gasteiger charge is -2.19. The first kappa shape index (κ1) is 26.1. The van der Waals surface area contributed by atoms with E-state index in [2.05, 4.69) is 48.4 Å². The number of amides is 1. The van der Waals surface area contributed by atoms with E-state index in [1.165, 1.54) is 17.3 Å². The molecule has 0 fully saturated rings. The quantitative estimate of drug-likeness (QED) is 0.249. The van der Waals surface area contributed by atoms with Gasteiger partial charge in [0, 0.05) is 16.3 Å². The van der Waals surface area contributed by atoms with Gasteiger partial charge in [0.1, 0.15) is 5.75 Å². The average molecular weight is 542 g/mol. The molecule has 0 unspecified atom stereocenters. The summed E-state index contributed by atoms with van der Waals surface area (Å²) in [5.41, 5.74) is 3.57. The number of anilines is 1. The van der Waals surface area contributed by atoms with Gasteiger partial charge in [0.05, 0.1) is 23.6 Å². The molecule has 0 aliphatic rings. The van der Waals surface area contributed by atoms with Crippen molar-refractivity contribution < 1.29 is 9.53 Å². The smallest absolute Gasteiger partial charge is 0.234 e. The zero-order chi connectivity index (χ0) is 25.9. The number of ether oxygens (including phenoxy) is 1. The van der Waals surface area contributed by atoms with Gasteiger partial charge in [-0.25, -0.2) is 0 Å². The number of thioether (sulfide) groups is 1. The van der Waals surface area contributed by atoms with Crippen molar-refractivity contribution in [3.8, 4) is 22.8 Å². The fourth-order valence-electron chi connectivity index (χ4n) is 3.54. The lowest BCUT2D eigenvalue weighted by molar-refractivity contribution is -0.113. The van der Waals surface area contributed by atoms with Gasteiger partial charge in [-0.05, 0) is 53.4 Å². The Hall–Kier alpha value is -3.00. The van der Waals surface area contributed by atoms with Crippen LogP contribution in [0.3, 0.4) is 0 Å². The number of benzene rings is 3. The van der Waals surface area contributed by atoms with Gasteiger partial charge in [-0.1, -0.05) is 80.0 Å². The summed E-state index contributed by atoms with van der Waals surface area (Å²) in [5.74, 6) is 1.33. The van der Waals surface area contributed by atoms with Crippen molar-refractivity contribution in [3.63, 3.8) is 0 Å². The van der Waals surface area contributed by atoms with E-state index in [1.807, 2.05) is 41.0 Å². The minimum Gasteiger partial charge on any atom is -0.497 e. The number of methoxy groups -OCH3 is 1. The van der Waals surface area contributed by atoms with Crippen LogP contribution in [0.25, 0.3) is 17.1 Å². The van der Waals surface area contributed by atoms with E-state index in [9.17, 15) is 4.79 Å². The van der Waals surface area contributed by atoms with Crippen molar-refractivity contribution in [2.75, 3.05) is 18.2 Å². The molecule has 1 heterocycles. The van der Waals surface area contributed by atoms with Crippen molar-refractivity contribution in [2.45, 2.75) is 31.3 Å². The van der Waals surface area contributed by atoms with Crippen molar-refractivity contribution in [2.24, 2.45) is 0 Å². The number of carbonyl (C=O) groups is 1. The van der Waals surface area contributed by atoms with Crippen molar-refractivity contribution >= 4 is 46.6 Å². The second kappa shape index (κ2) is 10.9. The van der Waals surface area contributed by atoms with E-state index in [4.69, 9.17) is 27.9 Å². The SMILES string of the molecule is COc1ccc(-n2c(SCC(=O)Nc3ccc(Cl)cc3Cl)nnc2-c2ccc(C(C)(C)C)cc2)cc1. The monoisotopic (exact) mass is 540 g/mol. The highest BCUT2D eigenvalue weighted by molar-refractivity contribution is 7.99. The Labute approximate surface area is 225 Å². The van der Waals surface area contributed by atoms with E-state index in [0.717, 1.165) is 17.0 Å². The van der Waals surface area contributed by atoms with E-state index >= 15 is 0 Å².